The van der Waals surface area contributed by atoms with Crippen LogP contribution in [-0.4, -0.2) is 10.9 Å². The number of amides is 1. The molecule has 3 nitrogen and oxygen atoms in total. The highest BCUT2D eigenvalue weighted by molar-refractivity contribution is 6.30. The predicted molar refractivity (Wildman–Crippen MR) is 71.2 cm³/mol. The van der Waals surface area contributed by atoms with Crippen LogP contribution in [0.2, 0.25) is 5.02 Å². The van der Waals surface area contributed by atoms with Crippen molar-refractivity contribution in [3.05, 3.63) is 64.9 Å². The van der Waals surface area contributed by atoms with Crippen molar-refractivity contribution in [1.29, 1.82) is 0 Å². The molecule has 0 saturated heterocycles. The van der Waals surface area contributed by atoms with E-state index in [9.17, 15) is 4.79 Å². The van der Waals surface area contributed by atoms with Crippen LogP contribution in [0.15, 0.2) is 48.8 Å². The van der Waals surface area contributed by atoms with Crippen LogP contribution in [0, 0.1) is 0 Å². The van der Waals surface area contributed by atoms with Crippen molar-refractivity contribution in [1.82, 2.24) is 10.3 Å². The van der Waals surface area contributed by atoms with Crippen LogP contribution in [0.25, 0.3) is 0 Å². The summed E-state index contributed by atoms with van der Waals surface area (Å²) in [5.74, 6) is -0.00543. The lowest BCUT2D eigenvalue weighted by molar-refractivity contribution is -0.120. The van der Waals surface area contributed by atoms with Gasteiger partial charge in [0.05, 0.1) is 6.42 Å². The minimum atomic E-state index is -0.00543. The number of hydrogen-bond acceptors (Lipinski definition) is 2. The number of rotatable bonds is 4. The van der Waals surface area contributed by atoms with Crippen molar-refractivity contribution < 1.29 is 4.79 Å². The molecule has 0 atom stereocenters. The minimum absolute atomic E-state index is 0.00543. The molecule has 1 N–H and O–H groups in total. The summed E-state index contributed by atoms with van der Waals surface area (Å²) >= 11 is 5.78. The molecule has 1 amide bonds. The number of hydrogen-bond donors (Lipinski definition) is 1. The Bertz CT molecular complexity index is 511. The van der Waals surface area contributed by atoms with Gasteiger partial charge in [-0.2, -0.15) is 0 Å². The first kappa shape index (κ1) is 12.6. The Hall–Kier alpha value is -1.87. The molecule has 1 heterocycles. The summed E-state index contributed by atoms with van der Waals surface area (Å²) in [4.78, 5) is 15.6. The molecule has 0 saturated carbocycles. The van der Waals surface area contributed by atoms with Crippen LogP contribution in [0.3, 0.4) is 0 Å². The summed E-state index contributed by atoms with van der Waals surface area (Å²) < 4.78 is 0. The first-order chi connectivity index (χ1) is 8.74. The zero-order valence-electron chi connectivity index (χ0n) is 9.77. The number of aromatic nitrogens is 1. The lowest BCUT2D eigenvalue weighted by Crippen LogP contribution is -2.24. The Labute approximate surface area is 111 Å². The highest BCUT2D eigenvalue weighted by Gasteiger charge is 2.03. The molecular weight excluding hydrogens is 248 g/mol. The van der Waals surface area contributed by atoms with E-state index < -0.39 is 0 Å². The zero-order valence-corrected chi connectivity index (χ0v) is 10.5. The van der Waals surface area contributed by atoms with Crippen molar-refractivity contribution in [2.75, 3.05) is 0 Å². The van der Waals surface area contributed by atoms with Gasteiger partial charge in [0.2, 0.25) is 5.91 Å². The number of pyridine rings is 1. The molecule has 0 aliphatic heterocycles. The third-order valence-corrected chi connectivity index (χ3v) is 2.77. The Morgan fingerprint density at radius 2 is 1.72 bits per heavy atom. The number of carbonyl (C=O) groups excluding carboxylic acids is 1. The lowest BCUT2D eigenvalue weighted by Gasteiger charge is -2.05. The molecule has 2 aromatic rings. The van der Waals surface area contributed by atoms with Gasteiger partial charge < -0.3 is 5.32 Å². The monoisotopic (exact) mass is 260 g/mol. The predicted octanol–water partition coefficient (Wildman–Crippen LogP) is 2.59. The second kappa shape index (κ2) is 6.17. The van der Waals surface area contributed by atoms with Gasteiger partial charge in [-0.3, -0.25) is 9.78 Å². The Kier molecular flexibility index (Phi) is 4.31. The largest absolute Gasteiger partial charge is 0.352 e. The molecular formula is C14H13ClN2O. The first-order valence-corrected chi connectivity index (χ1v) is 6.02. The van der Waals surface area contributed by atoms with Crippen LogP contribution in [0.4, 0.5) is 0 Å². The maximum absolute atomic E-state index is 11.7. The van der Waals surface area contributed by atoms with Crippen LogP contribution in [0.5, 0.6) is 0 Å². The van der Waals surface area contributed by atoms with Gasteiger partial charge in [0, 0.05) is 24.0 Å². The highest BCUT2D eigenvalue weighted by atomic mass is 35.5. The molecule has 0 aliphatic rings. The van der Waals surface area contributed by atoms with Gasteiger partial charge in [-0.25, -0.2) is 0 Å². The number of nitrogens with one attached hydrogen (secondary N) is 1. The maximum atomic E-state index is 11.7. The molecule has 0 spiro atoms. The quantitative estimate of drug-likeness (QED) is 0.918. The topological polar surface area (TPSA) is 42.0 Å². The van der Waals surface area contributed by atoms with Crippen LogP contribution >= 0.6 is 11.6 Å². The molecule has 92 valence electrons. The summed E-state index contributed by atoms with van der Waals surface area (Å²) in [6.45, 7) is 0.523. The third kappa shape index (κ3) is 3.86. The van der Waals surface area contributed by atoms with Crippen molar-refractivity contribution in [2.24, 2.45) is 0 Å². The molecule has 0 fully saturated rings. The van der Waals surface area contributed by atoms with Gasteiger partial charge in [-0.1, -0.05) is 23.7 Å². The zero-order chi connectivity index (χ0) is 12.8. The lowest BCUT2D eigenvalue weighted by atomic mass is 10.1. The van der Waals surface area contributed by atoms with Crippen LogP contribution in [-0.2, 0) is 17.8 Å². The molecule has 0 unspecified atom stereocenters. The molecule has 4 heteroatoms. The van der Waals surface area contributed by atoms with Crippen molar-refractivity contribution in [2.45, 2.75) is 13.0 Å². The van der Waals surface area contributed by atoms with Crippen molar-refractivity contribution >= 4 is 17.5 Å². The van der Waals surface area contributed by atoms with Crippen molar-refractivity contribution in [3.63, 3.8) is 0 Å². The van der Waals surface area contributed by atoms with Crippen LogP contribution in [0.1, 0.15) is 11.1 Å². The van der Waals surface area contributed by atoms with E-state index in [1.807, 2.05) is 24.3 Å². The second-order valence-electron chi connectivity index (χ2n) is 3.94. The summed E-state index contributed by atoms with van der Waals surface area (Å²) in [7, 11) is 0. The molecule has 1 aromatic heterocycles. The Morgan fingerprint density at radius 1 is 1.06 bits per heavy atom. The Morgan fingerprint density at radius 3 is 2.39 bits per heavy atom. The minimum Gasteiger partial charge on any atom is -0.352 e. The van der Waals surface area contributed by atoms with Crippen LogP contribution < -0.4 is 5.32 Å². The fraction of sp³-hybridized carbons (Fsp3) is 0.143. The number of nitrogens with zero attached hydrogens (tertiary/aromatic N) is 1. The fourth-order valence-electron chi connectivity index (χ4n) is 1.55. The molecule has 0 bridgehead atoms. The van der Waals surface area contributed by atoms with Gasteiger partial charge in [-0.05, 0) is 35.4 Å². The van der Waals surface area contributed by atoms with E-state index in [0.717, 1.165) is 11.1 Å². The van der Waals surface area contributed by atoms with Gasteiger partial charge in [-0.15, -0.1) is 0 Å². The summed E-state index contributed by atoms with van der Waals surface area (Å²) in [5.41, 5.74) is 1.99. The summed E-state index contributed by atoms with van der Waals surface area (Å²) in [5, 5.41) is 3.54. The van der Waals surface area contributed by atoms with E-state index in [1.165, 1.54) is 0 Å². The summed E-state index contributed by atoms with van der Waals surface area (Å²) in [6, 6.07) is 11.0. The standard InChI is InChI=1S/C14H13ClN2O/c15-13-3-1-11(2-4-13)9-14(18)17-10-12-5-7-16-8-6-12/h1-8H,9-10H2,(H,17,18). The van der Waals surface area contributed by atoms with Gasteiger partial charge in [0.25, 0.3) is 0 Å². The third-order valence-electron chi connectivity index (χ3n) is 2.52. The molecule has 18 heavy (non-hydrogen) atoms. The van der Waals surface area contributed by atoms with Gasteiger partial charge in [0.1, 0.15) is 0 Å². The van der Waals surface area contributed by atoms with E-state index in [4.69, 9.17) is 11.6 Å². The Balaban J connectivity index is 1.84. The SMILES string of the molecule is O=C(Cc1ccc(Cl)cc1)NCc1ccncc1. The van der Waals surface area contributed by atoms with Gasteiger partial charge in [0.15, 0.2) is 0 Å². The van der Waals surface area contributed by atoms with E-state index in [2.05, 4.69) is 10.3 Å². The number of halogens is 1. The number of carbonyl (C=O) groups is 1. The van der Waals surface area contributed by atoms with E-state index in [-0.39, 0.29) is 5.91 Å². The smallest absolute Gasteiger partial charge is 0.224 e. The second-order valence-corrected chi connectivity index (χ2v) is 4.37. The van der Waals surface area contributed by atoms with E-state index in [1.54, 1.807) is 24.5 Å². The maximum Gasteiger partial charge on any atom is 0.224 e. The van der Waals surface area contributed by atoms with E-state index in [0.29, 0.717) is 18.0 Å². The number of benzene rings is 1. The molecule has 0 radical (unpaired) electrons. The molecule has 0 aliphatic carbocycles. The fourth-order valence-corrected chi connectivity index (χ4v) is 1.68. The normalized spacial score (nSPS) is 10.1. The van der Waals surface area contributed by atoms with E-state index >= 15 is 0 Å². The van der Waals surface area contributed by atoms with Gasteiger partial charge >= 0.3 is 0 Å². The molecule has 2 rings (SSSR count). The highest BCUT2D eigenvalue weighted by Crippen LogP contribution is 2.09. The van der Waals surface area contributed by atoms with Crippen molar-refractivity contribution in [3.8, 4) is 0 Å². The molecule has 1 aromatic carbocycles. The summed E-state index contributed by atoms with van der Waals surface area (Å²) in [6.07, 6.45) is 3.78. The average Bonchev–Trinajstić information content (AvgIpc) is 2.40. The average molecular weight is 261 g/mol. The first-order valence-electron chi connectivity index (χ1n) is 5.64.